The molecule has 0 radical (unpaired) electrons. The molecule has 1 aromatic heterocycles. The Kier molecular flexibility index (Phi) is 9.26. The third kappa shape index (κ3) is 7.17. The Morgan fingerprint density at radius 1 is 1.02 bits per heavy atom. The van der Waals surface area contributed by atoms with Crippen LogP contribution in [0.5, 0.6) is 11.5 Å². The van der Waals surface area contributed by atoms with Crippen LogP contribution in [0.25, 0.3) is 0 Å². The highest BCUT2D eigenvalue weighted by Gasteiger charge is 2.33. The summed E-state index contributed by atoms with van der Waals surface area (Å²) in [4.78, 5) is 19.7. The zero-order valence-electron chi connectivity index (χ0n) is 24.2. The van der Waals surface area contributed by atoms with Crippen molar-refractivity contribution in [2.75, 3.05) is 12.4 Å². The number of benzene rings is 3. The first-order chi connectivity index (χ1) is 20.1. The Balaban J connectivity index is 1.41. The molecular formula is C34H34Cl2N2O3S. The molecule has 5 nitrogen and oxygen atoms in total. The van der Waals surface area contributed by atoms with Gasteiger partial charge in [-0.15, -0.1) is 11.3 Å². The fraction of sp³-hybridized carbons (Fsp3) is 0.294. The molecule has 1 N–H and O–H groups in total. The van der Waals surface area contributed by atoms with E-state index in [1.807, 2.05) is 42.5 Å². The number of hydrogen-bond donors (Lipinski definition) is 1. The number of hydrogen-bond acceptors (Lipinski definition) is 5. The van der Waals surface area contributed by atoms with Crippen molar-refractivity contribution in [3.63, 3.8) is 0 Å². The Morgan fingerprint density at radius 3 is 2.38 bits per heavy atom. The maximum absolute atomic E-state index is 13.6. The standard InChI is InChI=1S/C34H34Cl2N2O3S/c1-34(2,3)23-8-15-27-30(18-23)42-33(31(27)32(39)38-26-13-11-25(36)12-14-26)37-19-22-7-16-28(29(17-22)40-4)41-20-21-5-9-24(35)10-6-21/h5-7,9-14,16-17,19,23H,8,15,18,20H2,1-4H3,(H,38,39)/t23-/m1/s1. The van der Waals surface area contributed by atoms with Crippen molar-refractivity contribution in [2.45, 2.75) is 46.6 Å². The van der Waals surface area contributed by atoms with Gasteiger partial charge in [0.05, 0.1) is 12.7 Å². The van der Waals surface area contributed by atoms with E-state index in [1.54, 1.807) is 48.9 Å². The van der Waals surface area contributed by atoms with Crippen molar-refractivity contribution in [1.82, 2.24) is 0 Å². The lowest BCUT2D eigenvalue weighted by atomic mass is 9.72. The van der Waals surface area contributed by atoms with Gasteiger partial charge in [0.15, 0.2) is 11.5 Å². The zero-order chi connectivity index (χ0) is 29.9. The van der Waals surface area contributed by atoms with E-state index >= 15 is 0 Å². The van der Waals surface area contributed by atoms with Gasteiger partial charge in [0.25, 0.3) is 5.91 Å². The van der Waals surface area contributed by atoms with Gasteiger partial charge in [-0.3, -0.25) is 4.79 Å². The van der Waals surface area contributed by atoms with Gasteiger partial charge in [-0.2, -0.15) is 0 Å². The zero-order valence-corrected chi connectivity index (χ0v) is 26.5. The highest BCUT2D eigenvalue weighted by atomic mass is 35.5. The quantitative estimate of drug-likeness (QED) is 0.199. The summed E-state index contributed by atoms with van der Waals surface area (Å²) in [5, 5.41) is 5.07. The molecule has 0 aliphatic heterocycles. The lowest BCUT2D eigenvalue weighted by Gasteiger charge is -2.33. The van der Waals surface area contributed by atoms with E-state index in [-0.39, 0.29) is 11.3 Å². The summed E-state index contributed by atoms with van der Waals surface area (Å²) < 4.78 is 11.6. The molecule has 0 saturated carbocycles. The fourth-order valence-electron chi connectivity index (χ4n) is 5.12. The third-order valence-corrected chi connectivity index (χ3v) is 9.29. The summed E-state index contributed by atoms with van der Waals surface area (Å²) in [6, 6.07) is 20.4. The van der Waals surface area contributed by atoms with E-state index in [2.05, 4.69) is 26.1 Å². The lowest BCUT2D eigenvalue weighted by molar-refractivity contribution is 0.102. The molecule has 0 spiro atoms. The Morgan fingerprint density at radius 2 is 1.71 bits per heavy atom. The van der Waals surface area contributed by atoms with Crippen molar-refractivity contribution < 1.29 is 14.3 Å². The van der Waals surface area contributed by atoms with Crippen LogP contribution in [0, 0.1) is 11.3 Å². The van der Waals surface area contributed by atoms with E-state index in [1.165, 1.54) is 4.88 Å². The average Bonchev–Trinajstić information content (AvgIpc) is 3.34. The smallest absolute Gasteiger partial charge is 0.259 e. The number of amides is 1. The van der Waals surface area contributed by atoms with Crippen LogP contribution in [0.2, 0.25) is 10.0 Å². The second-order valence-corrected chi connectivity index (χ2v) is 13.5. The number of carbonyl (C=O) groups is 1. The number of methoxy groups -OCH3 is 1. The second-order valence-electron chi connectivity index (χ2n) is 11.5. The molecule has 5 rings (SSSR count). The van der Waals surface area contributed by atoms with Crippen molar-refractivity contribution in [3.05, 3.63) is 104 Å². The Labute approximate surface area is 261 Å². The molecule has 1 aliphatic rings. The number of fused-ring (bicyclic) bond motifs is 1. The van der Waals surface area contributed by atoms with Crippen LogP contribution in [-0.4, -0.2) is 19.2 Å². The predicted octanol–water partition coefficient (Wildman–Crippen LogP) is 9.80. The molecule has 0 fully saturated rings. The SMILES string of the molecule is COc1cc(C=Nc2sc3c(c2C(=O)Nc2ccc(Cl)cc2)CC[C@@H](C(C)(C)C)C3)ccc1OCc1ccc(Cl)cc1. The summed E-state index contributed by atoms with van der Waals surface area (Å²) in [6.07, 6.45) is 4.64. The number of nitrogens with zero attached hydrogens (tertiary/aromatic N) is 1. The fourth-order valence-corrected chi connectivity index (χ4v) is 6.64. The molecule has 0 unspecified atom stereocenters. The topological polar surface area (TPSA) is 59.9 Å². The van der Waals surface area contributed by atoms with E-state index in [9.17, 15) is 4.79 Å². The normalized spacial score (nSPS) is 15.0. The Hall–Kier alpha value is -3.32. The molecule has 1 atom stereocenters. The highest BCUT2D eigenvalue weighted by molar-refractivity contribution is 7.16. The maximum Gasteiger partial charge on any atom is 0.259 e. The number of nitrogens with one attached hydrogen (secondary N) is 1. The van der Waals surface area contributed by atoms with Gasteiger partial charge < -0.3 is 14.8 Å². The minimum absolute atomic E-state index is 0.153. The first-order valence-corrected chi connectivity index (χ1v) is 15.5. The molecule has 1 aliphatic carbocycles. The van der Waals surface area contributed by atoms with Gasteiger partial charge in [0, 0.05) is 26.8 Å². The Bertz CT molecular complexity index is 1590. The monoisotopic (exact) mass is 620 g/mol. The van der Waals surface area contributed by atoms with Gasteiger partial charge in [0.1, 0.15) is 11.6 Å². The lowest BCUT2D eigenvalue weighted by Crippen LogP contribution is -2.27. The van der Waals surface area contributed by atoms with Crippen LogP contribution in [0.1, 0.15) is 59.1 Å². The third-order valence-electron chi connectivity index (χ3n) is 7.63. The number of carbonyl (C=O) groups excluding carboxylic acids is 1. The minimum Gasteiger partial charge on any atom is -0.493 e. The van der Waals surface area contributed by atoms with Crippen LogP contribution in [0.15, 0.2) is 71.7 Å². The van der Waals surface area contributed by atoms with Gasteiger partial charge in [-0.05, 0) is 102 Å². The van der Waals surface area contributed by atoms with Crippen LogP contribution in [0.4, 0.5) is 10.7 Å². The van der Waals surface area contributed by atoms with E-state index in [4.69, 9.17) is 37.7 Å². The van der Waals surface area contributed by atoms with Crippen molar-refractivity contribution in [3.8, 4) is 11.5 Å². The molecule has 42 heavy (non-hydrogen) atoms. The molecule has 4 aromatic rings. The van der Waals surface area contributed by atoms with Gasteiger partial charge >= 0.3 is 0 Å². The number of anilines is 1. The van der Waals surface area contributed by atoms with E-state index in [0.717, 1.165) is 36.0 Å². The average molecular weight is 622 g/mol. The van der Waals surface area contributed by atoms with Crippen molar-refractivity contribution in [2.24, 2.45) is 16.3 Å². The molecular weight excluding hydrogens is 587 g/mol. The van der Waals surface area contributed by atoms with Gasteiger partial charge in [-0.25, -0.2) is 4.99 Å². The molecule has 218 valence electrons. The number of thiophene rings is 1. The van der Waals surface area contributed by atoms with Gasteiger partial charge in [-0.1, -0.05) is 56.1 Å². The molecule has 1 amide bonds. The summed E-state index contributed by atoms with van der Waals surface area (Å²) in [7, 11) is 1.61. The first-order valence-electron chi connectivity index (χ1n) is 13.9. The van der Waals surface area contributed by atoms with Crippen LogP contribution in [-0.2, 0) is 19.4 Å². The number of halogens is 2. The predicted molar refractivity (Wildman–Crippen MR) is 175 cm³/mol. The summed E-state index contributed by atoms with van der Waals surface area (Å²) >= 11 is 13.7. The number of ether oxygens (including phenoxy) is 2. The molecule has 0 saturated heterocycles. The van der Waals surface area contributed by atoms with E-state index in [0.29, 0.717) is 50.3 Å². The van der Waals surface area contributed by atoms with Crippen molar-refractivity contribution >= 4 is 57.3 Å². The van der Waals surface area contributed by atoms with Crippen LogP contribution < -0.4 is 14.8 Å². The first kappa shape index (κ1) is 30.1. The summed E-state index contributed by atoms with van der Waals surface area (Å²) in [5.74, 6) is 1.64. The summed E-state index contributed by atoms with van der Waals surface area (Å²) in [5.41, 5.74) is 4.51. The number of aliphatic imine (C=N–C) groups is 1. The van der Waals surface area contributed by atoms with E-state index < -0.39 is 0 Å². The summed E-state index contributed by atoms with van der Waals surface area (Å²) in [6.45, 7) is 7.27. The maximum atomic E-state index is 13.6. The molecule has 3 aromatic carbocycles. The van der Waals surface area contributed by atoms with Crippen molar-refractivity contribution in [1.29, 1.82) is 0 Å². The minimum atomic E-state index is -0.153. The second kappa shape index (κ2) is 12.9. The number of rotatable bonds is 8. The largest absolute Gasteiger partial charge is 0.493 e. The van der Waals surface area contributed by atoms with Crippen LogP contribution >= 0.6 is 34.5 Å². The highest BCUT2D eigenvalue weighted by Crippen LogP contribution is 2.45. The van der Waals surface area contributed by atoms with Crippen LogP contribution in [0.3, 0.4) is 0 Å². The molecule has 0 bridgehead atoms. The molecule has 8 heteroatoms. The van der Waals surface area contributed by atoms with Gasteiger partial charge in [0.2, 0.25) is 0 Å². The molecule has 1 heterocycles.